The van der Waals surface area contributed by atoms with Gasteiger partial charge in [-0.25, -0.2) is 8.42 Å². The molecule has 0 saturated heterocycles. The molecule has 12 heavy (non-hydrogen) atoms. The third-order valence-electron chi connectivity index (χ3n) is 1.73. The number of sulfone groups is 1. The van der Waals surface area contributed by atoms with Crippen molar-refractivity contribution >= 4 is 9.84 Å². The van der Waals surface area contributed by atoms with Crippen molar-refractivity contribution in [1.29, 1.82) is 0 Å². The second-order valence-corrected chi connectivity index (χ2v) is 4.62. The smallest absolute Gasteiger partial charge is 0.185 e. The molecule has 1 aliphatic rings. The molecule has 0 saturated carbocycles. The molecule has 1 heterocycles. The summed E-state index contributed by atoms with van der Waals surface area (Å²) in [5.41, 5.74) is 0. The highest BCUT2D eigenvalue weighted by atomic mass is 32.2. The average molecular weight is 183 g/mol. The van der Waals surface area contributed by atoms with Crippen molar-refractivity contribution in [2.45, 2.75) is 4.90 Å². The van der Waals surface area contributed by atoms with E-state index in [2.05, 4.69) is 6.07 Å². The van der Waals surface area contributed by atoms with Crippen LogP contribution in [0.5, 0.6) is 5.75 Å². The average Bonchev–Trinajstić information content (AvgIpc) is 2.04. The van der Waals surface area contributed by atoms with E-state index in [1.807, 2.05) is 0 Å². The Morgan fingerprint density at radius 1 is 1.50 bits per heavy atom. The summed E-state index contributed by atoms with van der Waals surface area (Å²) in [6.45, 7) is 0.243. The van der Waals surface area contributed by atoms with Crippen molar-refractivity contribution in [1.82, 2.24) is 0 Å². The predicted octanol–water partition coefficient (Wildman–Crippen LogP) is 0.653. The van der Waals surface area contributed by atoms with Gasteiger partial charge in [0.2, 0.25) is 0 Å². The standard InChI is InChI=1S/C8H7O3S/c9-12(10)6-5-11-7-3-1-2-4-8(7)12/h2-4H,5-6H2. The first-order valence-corrected chi connectivity index (χ1v) is 5.21. The van der Waals surface area contributed by atoms with Crippen molar-refractivity contribution < 1.29 is 13.2 Å². The normalized spacial score (nSPS) is 19.3. The fourth-order valence-electron chi connectivity index (χ4n) is 1.14. The zero-order valence-electron chi connectivity index (χ0n) is 6.28. The number of hydrogen-bond acceptors (Lipinski definition) is 3. The summed E-state index contributed by atoms with van der Waals surface area (Å²) in [5, 5.41) is 0. The lowest BCUT2D eigenvalue weighted by atomic mass is 10.3. The van der Waals surface area contributed by atoms with Gasteiger partial charge in [-0.2, -0.15) is 0 Å². The molecule has 0 aromatic heterocycles. The highest BCUT2D eigenvalue weighted by Gasteiger charge is 2.23. The van der Waals surface area contributed by atoms with Crippen molar-refractivity contribution in [3.05, 3.63) is 24.3 Å². The van der Waals surface area contributed by atoms with Crippen molar-refractivity contribution in [3.8, 4) is 5.75 Å². The maximum atomic E-state index is 11.4. The molecule has 1 aromatic carbocycles. The van der Waals surface area contributed by atoms with Crippen LogP contribution >= 0.6 is 0 Å². The van der Waals surface area contributed by atoms with Gasteiger partial charge in [-0.3, -0.25) is 0 Å². The molecule has 1 aromatic rings. The first-order chi connectivity index (χ1) is 5.70. The summed E-state index contributed by atoms with van der Waals surface area (Å²) in [6.07, 6.45) is 0. The number of benzene rings is 1. The van der Waals surface area contributed by atoms with Gasteiger partial charge in [0.25, 0.3) is 0 Å². The van der Waals surface area contributed by atoms with E-state index in [-0.39, 0.29) is 17.3 Å². The Morgan fingerprint density at radius 3 is 3.08 bits per heavy atom. The lowest BCUT2D eigenvalue weighted by Crippen LogP contribution is -2.20. The minimum Gasteiger partial charge on any atom is -0.491 e. The van der Waals surface area contributed by atoms with Crippen LogP contribution in [0.3, 0.4) is 0 Å². The first-order valence-electron chi connectivity index (χ1n) is 3.56. The van der Waals surface area contributed by atoms with Crippen LogP contribution in [0.4, 0.5) is 0 Å². The van der Waals surface area contributed by atoms with Gasteiger partial charge in [0.15, 0.2) is 9.84 Å². The molecule has 0 spiro atoms. The predicted molar refractivity (Wildman–Crippen MR) is 42.8 cm³/mol. The first kappa shape index (κ1) is 7.61. The fraction of sp³-hybridized carbons (Fsp3) is 0.250. The van der Waals surface area contributed by atoms with E-state index in [9.17, 15) is 8.42 Å². The molecular formula is C8H7O3S. The maximum absolute atomic E-state index is 11.4. The van der Waals surface area contributed by atoms with E-state index < -0.39 is 9.84 Å². The molecule has 0 amide bonds. The Balaban J connectivity index is 2.67. The molecule has 1 aliphatic heterocycles. The second kappa shape index (κ2) is 2.48. The van der Waals surface area contributed by atoms with Crippen LogP contribution in [0, 0.1) is 6.07 Å². The van der Waals surface area contributed by atoms with Crippen LogP contribution in [0.25, 0.3) is 0 Å². The molecule has 0 N–H and O–H groups in total. The Labute approximate surface area is 70.9 Å². The van der Waals surface area contributed by atoms with E-state index in [0.29, 0.717) is 5.75 Å². The third-order valence-corrected chi connectivity index (χ3v) is 3.44. The molecule has 3 nitrogen and oxygen atoms in total. The SMILES string of the molecule is O=S1(=O)CCOc2c[c]ccc21. The highest BCUT2D eigenvalue weighted by molar-refractivity contribution is 7.91. The Morgan fingerprint density at radius 2 is 2.33 bits per heavy atom. The lowest BCUT2D eigenvalue weighted by Gasteiger charge is -2.16. The van der Waals surface area contributed by atoms with Crippen LogP contribution < -0.4 is 4.74 Å². The summed E-state index contributed by atoms with van der Waals surface area (Å²) in [5.74, 6) is 0.494. The maximum Gasteiger partial charge on any atom is 0.185 e. The zero-order valence-corrected chi connectivity index (χ0v) is 7.10. The quantitative estimate of drug-likeness (QED) is 0.593. The number of fused-ring (bicyclic) bond motifs is 1. The second-order valence-electron chi connectivity index (χ2n) is 2.54. The number of hydrogen-bond donors (Lipinski definition) is 0. The Kier molecular flexibility index (Phi) is 1.58. The van der Waals surface area contributed by atoms with E-state index >= 15 is 0 Å². The molecule has 0 bridgehead atoms. The molecule has 0 atom stereocenters. The van der Waals surface area contributed by atoms with Crippen molar-refractivity contribution in [3.63, 3.8) is 0 Å². The monoisotopic (exact) mass is 183 g/mol. The van der Waals surface area contributed by atoms with Gasteiger partial charge < -0.3 is 4.74 Å². The minimum atomic E-state index is -3.09. The van der Waals surface area contributed by atoms with Crippen molar-refractivity contribution in [2.75, 3.05) is 12.4 Å². The van der Waals surface area contributed by atoms with Crippen LogP contribution in [-0.2, 0) is 9.84 Å². The lowest BCUT2D eigenvalue weighted by molar-refractivity contribution is 0.322. The van der Waals surface area contributed by atoms with E-state index in [4.69, 9.17) is 4.74 Å². The van der Waals surface area contributed by atoms with Gasteiger partial charge in [0.1, 0.15) is 17.3 Å². The van der Waals surface area contributed by atoms with Gasteiger partial charge in [-0.1, -0.05) is 6.07 Å². The summed E-state index contributed by atoms with van der Waals surface area (Å²) in [6, 6.07) is 7.41. The van der Waals surface area contributed by atoms with Gasteiger partial charge in [0, 0.05) is 0 Å². The van der Waals surface area contributed by atoms with E-state index in [1.54, 1.807) is 12.1 Å². The van der Waals surface area contributed by atoms with Crippen molar-refractivity contribution in [2.24, 2.45) is 0 Å². The topological polar surface area (TPSA) is 43.4 Å². The third kappa shape index (κ3) is 1.08. The molecule has 0 unspecified atom stereocenters. The molecular weight excluding hydrogens is 176 g/mol. The molecule has 4 heteroatoms. The van der Waals surface area contributed by atoms with Gasteiger partial charge >= 0.3 is 0 Å². The van der Waals surface area contributed by atoms with Gasteiger partial charge in [-0.15, -0.1) is 0 Å². The van der Waals surface area contributed by atoms with Crippen LogP contribution in [0.15, 0.2) is 23.1 Å². The largest absolute Gasteiger partial charge is 0.491 e. The fourth-order valence-corrected chi connectivity index (χ4v) is 2.36. The summed E-state index contributed by atoms with van der Waals surface area (Å²) in [7, 11) is -3.09. The van der Waals surface area contributed by atoms with Gasteiger partial charge in [-0.05, 0) is 18.2 Å². The zero-order chi connectivity index (χ0) is 8.60. The molecule has 1 radical (unpaired) electrons. The highest BCUT2D eigenvalue weighted by Crippen LogP contribution is 2.27. The van der Waals surface area contributed by atoms with E-state index in [0.717, 1.165) is 0 Å². The molecule has 0 aliphatic carbocycles. The summed E-state index contributed by atoms with van der Waals surface area (Å²) in [4.78, 5) is 0.285. The molecule has 0 fully saturated rings. The Hall–Kier alpha value is -1.03. The molecule has 2 rings (SSSR count). The number of ether oxygens (including phenoxy) is 1. The molecule has 63 valence electrons. The Bertz CT molecular complexity index is 395. The van der Waals surface area contributed by atoms with Crippen LogP contribution in [-0.4, -0.2) is 20.8 Å². The van der Waals surface area contributed by atoms with E-state index in [1.165, 1.54) is 6.07 Å². The van der Waals surface area contributed by atoms with Gasteiger partial charge in [0.05, 0.1) is 5.75 Å². The summed E-state index contributed by atoms with van der Waals surface area (Å²) < 4.78 is 27.9. The minimum absolute atomic E-state index is 0.0734. The summed E-state index contributed by atoms with van der Waals surface area (Å²) >= 11 is 0. The van der Waals surface area contributed by atoms with Crippen LogP contribution in [0.2, 0.25) is 0 Å². The van der Waals surface area contributed by atoms with Crippen LogP contribution in [0.1, 0.15) is 0 Å². The number of rotatable bonds is 0.